The number of aromatic carboxylic acids is 1. The molecular formula is C20H19N3O4S. The zero-order chi connectivity index (χ0) is 19.7. The van der Waals surface area contributed by atoms with E-state index in [0.717, 1.165) is 48.9 Å². The topological polar surface area (TPSA) is 95.5 Å². The number of rotatable bonds is 4. The summed E-state index contributed by atoms with van der Waals surface area (Å²) in [5.74, 6) is -0.648. The Balaban J connectivity index is 1.58. The number of nitrogens with one attached hydrogen (secondary N) is 1. The minimum atomic E-state index is -1.04. The van der Waals surface area contributed by atoms with Crippen LogP contribution in [0, 0.1) is 6.92 Å². The summed E-state index contributed by atoms with van der Waals surface area (Å²) in [4.78, 5) is 33.6. The predicted octanol–water partition coefficient (Wildman–Crippen LogP) is 3.00. The smallest absolute Gasteiger partial charge is 0.346 e. The number of aromatic nitrogens is 2. The second-order valence-electron chi connectivity index (χ2n) is 6.52. The van der Waals surface area contributed by atoms with Gasteiger partial charge < -0.3 is 19.7 Å². The molecule has 2 N–H and O–H groups in total. The van der Waals surface area contributed by atoms with Crippen molar-refractivity contribution in [2.45, 2.75) is 6.92 Å². The number of ether oxygens (including phenoxy) is 1. The van der Waals surface area contributed by atoms with Gasteiger partial charge in [0, 0.05) is 18.8 Å². The van der Waals surface area contributed by atoms with Gasteiger partial charge in [-0.15, -0.1) is 11.3 Å². The molecule has 0 unspecified atom stereocenters. The van der Waals surface area contributed by atoms with E-state index in [4.69, 9.17) is 4.74 Å². The highest BCUT2D eigenvalue weighted by molar-refractivity contribution is 7.20. The number of nitrogens with zero attached hydrogens (tertiary/aromatic N) is 2. The summed E-state index contributed by atoms with van der Waals surface area (Å²) in [7, 11) is 0. The molecule has 28 heavy (non-hydrogen) atoms. The summed E-state index contributed by atoms with van der Waals surface area (Å²) in [5, 5.41) is 9.58. The van der Waals surface area contributed by atoms with Crippen LogP contribution in [-0.4, -0.2) is 47.3 Å². The Labute approximate surface area is 164 Å². The van der Waals surface area contributed by atoms with E-state index in [1.54, 1.807) is 13.0 Å². The Morgan fingerprint density at radius 2 is 1.96 bits per heavy atom. The lowest BCUT2D eigenvalue weighted by molar-refractivity contribution is 0.0701. The minimum Gasteiger partial charge on any atom is -0.477 e. The molecule has 1 aliphatic heterocycles. The number of carbonyl (C=O) groups is 1. The van der Waals surface area contributed by atoms with Crippen molar-refractivity contribution in [3.8, 4) is 0 Å². The Morgan fingerprint density at radius 3 is 2.64 bits per heavy atom. The molecule has 0 bridgehead atoms. The maximum absolute atomic E-state index is 12.4. The Kier molecular flexibility index (Phi) is 4.97. The maximum atomic E-state index is 12.4. The number of fused-ring (bicyclic) bond motifs is 1. The number of benzene rings is 1. The van der Waals surface area contributed by atoms with E-state index in [2.05, 4.69) is 27.0 Å². The molecule has 144 valence electrons. The fourth-order valence-electron chi connectivity index (χ4n) is 3.24. The lowest BCUT2D eigenvalue weighted by Gasteiger charge is -2.28. The maximum Gasteiger partial charge on any atom is 0.346 e. The number of aromatic amines is 1. The van der Waals surface area contributed by atoms with Gasteiger partial charge in [-0.3, -0.25) is 4.79 Å². The monoisotopic (exact) mass is 397 g/mol. The molecule has 8 heteroatoms. The van der Waals surface area contributed by atoms with Crippen LogP contribution in [0.4, 0.5) is 5.69 Å². The first-order valence-corrected chi connectivity index (χ1v) is 9.72. The van der Waals surface area contributed by atoms with Crippen LogP contribution in [-0.2, 0) is 4.74 Å². The zero-order valence-corrected chi connectivity index (χ0v) is 16.1. The van der Waals surface area contributed by atoms with Crippen molar-refractivity contribution in [1.29, 1.82) is 0 Å². The third-order valence-electron chi connectivity index (χ3n) is 4.72. The highest BCUT2D eigenvalue weighted by Crippen LogP contribution is 2.27. The summed E-state index contributed by atoms with van der Waals surface area (Å²) in [5.41, 5.74) is 2.26. The van der Waals surface area contributed by atoms with Crippen molar-refractivity contribution in [3.05, 3.63) is 56.4 Å². The summed E-state index contributed by atoms with van der Waals surface area (Å²) >= 11 is 1.02. The molecular weight excluding hydrogens is 378 g/mol. The SMILES string of the molecule is Cc1c(C(=O)O)sc2nc(/C=C/c3ccc(N4CCOCC4)cc3)[nH]c(=O)c12. The molecule has 0 amide bonds. The van der Waals surface area contributed by atoms with Gasteiger partial charge in [-0.1, -0.05) is 18.2 Å². The number of carboxylic acid groups (broad SMARTS) is 1. The second-order valence-corrected chi connectivity index (χ2v) is 7.52. The molecule has 3 aromatic rings. The third kappa shape index (κ3) is 3.56. The molecule has 0 atom stereocenters. The normalized spacial score (nSPS) is 14.8. The van der Waals surface area contributed by atoms with Gasteiger partial charge in [0.25, 0.3) is 5.56 Å². The first-order chi connectivity index (χ1) is 13.5. The number of anilines is 1. The van der Waals surface area contributed by atoms with Gasteiger partial charge in [0.2, 0.25) is 0 Å². The van der Waals surface area contributed by atoms with Crippen LogP contribution in [0.5, 0.6) is 0 Å². The average Bonchev–Trinajstić information content (AvgIpc) is 3.05. The number of hydrogen-bond donors (Lipinski definition) is 2. The molecule has 0 aliphatic carbocycles. The van der Waals surface area contributed by atoms with Crippen molar-refractivity contribution < 1.29 is 14.6 Å². The molecule has 1 aliphatic rings. The van der Waals surface area contributed by atoms with E-state index in [1.165, 1.54) is 0 Å². The van der Waals surface area contributed by atoms with Gasteiger partial charge in [0.15, 0.2) is 0 Å². The summed E-state index contributed by atoms with van der Waals surface area (Å²) in [6.07, 6.45) is 3.59. The van der Waals surface area contributed by atoms with Crippen molar-refractivity contribution >= 4 is 45.4 Å². The van der Waals surface area contributed by atoms with E-state index in [0.29, 0.717) is 21.6 Å². The molecule has 3 heterocycles. The van der Waals surface area contributed by atoms with Crippen LogP contribution in [0.1, 0.15) is 26.6 Å². The zero-order valence-electron chi connectivity index (χ0n) is 15.3. The van der Waals surface area contributed by atoms with Crippen LogP contribution >= 0.6 is 11.3 Å². The number of carboxylic acids is 1. The predicted molar refractivity (Wildman–Crippen MR) is 110 cm³/mol. The molecule has 1 saturated heterocycles. The standard InChI is InChI=1S/C20H19N3O4S/c1-12-16-18(24)21-15(22-19(16)28-17(12)20(25)26)7-4-13-2-5-14(6-3-13)23-8-10-27-11-9-23/h2-7H,8-11H2,1H3,(H,25,26)(H,21,22,24)/b7-4+. The minimum absolute atomic E-state index is 0.146. The van der Waals surface area contributed by atoms with E-state index >= 15 is 0 Å². The first kappa shape index (κ1) is 18.4. The van der Waals surface area contributed by atoms with E-state index in [-0.39, 0.29) is 10.4 Å². The number of thiophene rings is 1. The lowest BCUT2D eigenvalue weighted by Crippen LogP contribution is -2.36. The van der Waals surface area contributed by atoms with Gasteiger partial charge in [-0.2, -0.15) is 0 Å². The van der Waals surface area contributed by atoms with Crippen LogP contribution in [0.2, 0.25) is 0 Å². The molecule has 0 radical (unpaired) electrons. The molecule has 2 aromatic heterocycles. The van der Waals surface area contributed by atoms with Gasteiger partial charge in [0.1, 0.15) is 15.5 Å². The van der Waals surface area contributed by atoms with Gasteiger partial charge in [0.05, 0.1) is 18.6 Å². The molecule has 4 rings (SSSR count). The molecule has 7 nitrogen and oxygen atoms in total. The highest BCUT2D eigenvalue weighted by atomic mass is 32.1. The number of aryl methyl sites for hydroxylation is 1. The second kappa shape index (κ2) is 7.57. The molecule has 1 aromatic carbocycles. The van der Waals surface area contributed by atoms with Crippen LogP contribution in [0.3, 0.4) is 0 Å². The Hall–Kier alpha value is -2.97. The summed E-state index contributed by atoms with van der Waals surface area (Å²) in [6.45, 7) is 4.90. The number of hydrogen-bond acceptors (Lipinski definition) is 6. The summed E-state index contributed by atoms with van der Waals surface area (Å²) < 4.78 is 5.37. The Morgan fingerprint density at radius 1 is 1.25 bits per heavy atom. The molecule has 0 saturated carbocycles. The number of morpholine rings is 1. The van der Waals surface area contributed by atoms with E-state index in [9.17, 15) is 14.7 Å². The molecule has 1 fully saturated rings. The quantitative estimate of drug-likeness (QED) is 0.703. The fraction of sp³-hybridized carbons (Fsp3) is 0.250. The lowest BCUT2D eigenvalue weighted by atomic mass is 10.1. The van der Waals surface area contributed by atoms with Crippen molar-refractivity contribution in [3.63, 3.8) is 0 Å². The third-order valence-corrected chi connectivity index (χ3v) is 5.89. The number of H-pyrrole nitrogens is 1. The first-order valence-electron chi connectivity index (χ1n) is 8.90. The van der Waals surface area contributed by atoms with Gasteiger partial charge in [-0.25, -0.2) is 9.78 Å². The van der Waals surface area contributed by atoms with Crippen molar-refractivity contribution in [1.82, 2.24) is 9.97 Å². The van der Waals surface area contributed by atoms with Crippen molar-refractivity contribution in [2.24, 2.45) is 0 Å². The van der Waals surface area contributed by atoms with E-state index in [1.807, 2.05) is 18.2 Å². The summed E-state index contributed by atoms with van der Waals surface area (Å²) in [6, 6.07) is 8.14. The molecule has 0 spiro atoms. The van der Waals surface area contributed by atoms with Crippen LogP contribution in [0.15, 0.2) is 29.1 Å². The van der Waals surface area contributed by atoms with Gasteiger partial charge >= 0.3 is 5.97 Å². The largest absolute Gasteiger partial charge is 0.477 e. The van der Waals surface area contributed by atoms with Crippen LogP contribution < -0.4 is 10.5 Å². The highest BCUT2D eigenvalue weighted by Gasteiger charge is 2.18. The van der Waals surface area contributed by atoms with Crippen molar-refractivity contribution in [2.75, 3.05) is 31.2 Å². The van der Waals surface area contributed by atoms with E-state index < -0.39 is 5.97 Å². The van der Waals surface area contributed by atoms with Gasteiger partial charge in [-0.05, 0) is 36.3 Å². The average molecular weight is 397 g/mol. The Bertz CT molecular complexity index is 1110. The van der Waals surface area contributed by atoms with Crippen LogP contribution in [0.25, 0.3) is 22.4 Å². The fourth-order valence-corrected chi connectivity index (χ4v) is 4.26.